The van der Waals surface area contributed by atoms with Crippen LogP contribution >= 0.6 is 0 Å². The van der Waals surface area contributed by atoms with E-state index in [0.29, 0.717) is 19.4 Å². The number of ether oxygens (including phenoxy) is 3. The van der Waals surface area contributed by atoms with Crippen LogP contribution in [0.25, 0.3) is 0 Å². The van der Waals surface area contributed by atoms with Gasteiger partial charge in [-0.1, -0.05) is 230 Å². The molecule has 11 heteroatoms. The first kappa shape index (κ1) is 64.9. The molecule has 0 aromatic rings. The lowest BCUT2D eigenvalue weighted by atomic mass is 9.99. The number of esters is 1. The lowest BCUT2D eigenvalue weighted by Crippen LogP contribution is -2.60. The maximum Gasteiger partial charge on any atom is 0.305 e. The number of aliphatic hydroxyl groups excluding tert-OH is 5. The monoisotopic (exact) mass is 978 g/mol. The molecule has 1 saturated heterocycles. The fourth-order valence-corrected chi connectivity index (χ4v) is 8.90. The molecule has 1 fully saturated rings. The molecule has 1 heterocycles. The van der Waals surface area contributed by atoms with E-state index in [4.69, 9.17) is 14.2 Å². The molecule has 69 heavy (non-hydrogen) atoms. The average molecular weight is 978 g/mol. The maximum atomic E-state index is 12.9. The van der Waals surface area contributed by atoms with Crippen molar-refractivity contribution in [2.24, 2.45) is 0 Å². The molecule has 6 N–H and O–H groups in total. The molecule has 1 rings (SSSR count). The highest BCUT2D eigenvalue weighted by molar-refractivity contribution is 5.76. The van der Waals surface area contributed by atoms with Gasteiger partial charge in [-0.3, -0.25) is 9.59 Å². The minimum atomic E-state index is -1.59. The summed E-state index contributed by atoms with van der Waals surface area (Å²) in [6, 6.07) is -0.852. The molecule has 7 unspecified atom stereocenters. The van der Waals surface area contributed by atoms with Gasteiger partial charge in [0.1, 0.15) is 24.4 Å². The second-order valence-corrected chi connectivity index (χ2v) is 20.0. The Hall–Kier alpha value is -2.12. The van der Waals surface area contributed by atoms with E-state index in [1.807, 2.05) is 18.2 Å². The third-order valence-electron chi connectivity index (χ3n) is 13.5. The molecular formula is C58H107NO10. The number of hydrogen-bond acceptors (Lipinski definition) is 10. The minimum Gasteiger partial charge on any atom is -0.466 e. The summed E-state index contributed by atoms with van der Waals surface area (Å²) in [5.41, 5.74) is 0. The number of hydrogen-bond donors (Lipinski definition) is 6. The Bertz CT molecular complexity index is 1240. The van der Waals surface area contributed by atoms with Crippen molar-refractivity contribution in [2.45, 2.75) is 301 Å². The summed E-state index contributed by atoms with van der Waals surface area (Å²) >= 11 is 0. The fraction of sp³-hybridized carbons (Fsp3) is 0.862. The van der Waals surface area contributed by atoms with Crippen LogP contribution in [0.15, 0.2) is 36.5 Å². The topological polar surface area (TPSA) is 175 Å². The van der Waals surface area contributed by atoms with Crippen LogP contribution in [-0.4, -0.2) is 100 Å². The summed E-state index contributed by atoms with van der Waals surface area (Å²) in [4.78, 5) is 25.1. The second-order valence-electron chi connectivity index (χ2n) is 20.0. The van der Waals surface area contributed by atoms with Crippen LogP contribution in [0, 0.1) is 0 Å². The SMILES string of the molecule is CCCCCCCCC/C=C/C(O)C(COC1OC(CO)C(O)C(O)C1O)NC(=O)CC/C=C\C/C=C\CCCCCCCCOC(=O)CCCCCCCCCCCCCCCCCCCCC. The summed E-state index contributed by atoms with van der Waals surface area (Å²) in [6.45, 7) is 4.22. The van der Waals surface area contributed by atoms with Crippen LogP contribution in [0.2, 0.25) is 0 Å². The van der Waals surface area contributed by atoms with Crippen molar-refractivity contribution in [3.05, 3.63) is 36.5 Å². The van der Waals surface area contributed by atoms with Gasteiger partial charge in [-0.25, -0.2) is 0 Å². The van der Waals surface area contributed by atoms with Gasteiger partial charge >= 0.3 is 5.97 Å². The summed E-state index contributed by atoms with van der Waals surface area (Å²) in [7, 11) is 0. The van der Waals surface area contributed by atoms with Gasteiger partial charge in [-0.05, 0) is 51.4 Å². The Morgan fingerprint density at radius 1 is 0.536 bits per heavy atom. The Morgan fingerprint density at radius 3 is 1.49 bits per heavy atom. The lowest BCUT2D eigenvalue weighted by molar-refractivity contribution is -0.302. The van der Waals surface area contributed by atoms with E-state index in [2.05, 4.69) is 31.3 Å². The number of amides is 1. The molecule has 1 aliphatic rings. The lowest BCUT2D eigenvalue weighted by Gasteiger charge is -2.40. The molecule has 11 nitrogen and oxygen atoms in total. The number of aliphatic hydroxyl groups is 5. The van der Waals surface area contributed by atoms with Gasteiger partial charge < -0.3 is 45.1 Å². The molecular weight excluding hydrogens is 871 g/mol. The molecule has 0 bridgehead atoms. The van der Waals surface area contributed by atoms with E-state index >= 15 is 0 Å². The highest BCUT2D eigenvalue weighted by atomic mass is 16.7. The van der Waals surface area contributed by atoms with Gasteiger partial charge in [0.25, 0.3) is 0 Å². The zero-order valence-electron chi connectivity index (χ0n) is 44.3. The quantitative estimate of drug-likeness (QED) is 0.0196. The standard InChI is InChI=1S/C58H107NO10/c1-3-5-7-9-11-13-14-15-16-17-18-19-20-23-26-30-34-38-42-46-54(63)67-47-43-39-35-31-27-24-21-22-25-29-33-37-41-45-53(62)59-50(51(61)44-40-36-32-28-12-10-8-6-4-2)49-68-58-57(66)56(65)55(64)52(48-60)69-58/h22,25,33,37,40,44,50-52,55-58,60-61,64-66H,3-21,23-24,26-32,34-36,38-39,41-43,45-49H2,1-2H3,(H,59,62)/b25-22-,37-33-,44-40+. The zero-order chi connectivity index (χ0) is 50.3. The molecule has 404 valence electrons. The zero-order valence-corrected chi connectivity index (χ0v) is 44.3. The maximum absolute atomic E-state index is 12.9. The van der Waals surface area contributed by atoms with Gasteiger partial charge in [0.05, 0.1) is 32.0 Å². The number of allylic oxidation sites excluding steroid dienone is 5. The second kappa shape index (κ2) is 48.2. The Kier molecular flexibility index (Phi) is 45.3. The van der Waals surface area contributed by atoms with Gasteiger partial charge in [0.15, 0.2) is 6.29 Å². The Morgan fingerprint density at radius 2 is 0.986 bits per heavy atom. The van der Waals surface area contributed by atoms with Crippen LogP contribution in [-0.2, 0) is 23.8 Å². The van der Waals surface area contributed by atoms with Crippen molar-refractivity contribution in [2.75, 3.05) is 19.8 Å². The minimum absolute atomic E-state index is 0.0351. The largest absolute Gasteiger partial charge is 0.466 e. The summed E-state index contributed by atoms with van der Waals surface area (Å²) in [5, 5.41) is 54.0. The number of rotatable bonds is 49. The first-order chi connectivity index (χ1) is 33.7. The van der Waals surface area contributed by atoms with Crippen LogP contribution in [0.1, 0.15) is 258 Å². The van der Waals surface area contributed by atoms with Gasteiger partial charge in [-0.2, -0.15) is 0 Å². The van der Waals surface area contributed by atoms with Crippen LogP contribution < -0.4 is 5.32 Å². The van der Waals surface area contributed by atoms with E-state index in [-0.39, 0.29) is 24.9 Å². The first-order valence-corrected chi connectivity index (χ1v) is 28.8. The molecule has 0 saturated carbocycles. The molecule has 0 radical (unpaired) electrons. The van der Waals surface area contributed by atoms with Crippen molar-refractivity contribution in [3.8, 4) is 0 Å². The molecule has 0 aromatic carbocycles. The van der Waals surface area contributed by atoms with E-state index in [1.165, 1.54) is 154 Å². The normalized spacial score (nSPS) is 19.6. The summed E-state index contributed by atoms with van der Waals surface area (Å²) in [5.74, 6) is -0.300. The third-order valence-corrected chi connectivity index (χ3v) is 13.5. The Labute approximate surface area is 422 Å². The molecule has 0 aromatic heterocycles. The first-order valence-electron chi connectivity index (χ1n) is 28.8. The van der Waals surface area contributed by atoms with Crippen molar-refractivity contribution in [3.63, 3.8) is 0 Å². The fourth-order valence-electron chi connectivity index (χ4n) is 8.90. The molecule has 1 aliphatic heterocycles. The number of carbonyl (C=O) groups is 2. The van der Waals surface area contributed by atoms with Crippen LogP contribution in [0.3, 0.4) is 0 Å². The molecule has 7 atom stereocenters. The van der Waals surface area contributed by atoms with Gasteiger partial charge in [0, 0.05) is 12.8 Å². The Balaban J connectivity index is 2.09. The average Bonchev–Trinajstić information content (AvgIpc) is 3.34. The van der Waals surface area contributed by atoms with Crippen molar-refractivity contribution >= 4 is 11.9 Å². The summed E-state index contributed by atoms with van der Waals surface area (Å²) in [6.07, 6.45) is 48.4. The predicted molar refractivity (Wildman–Crippen MR) is 283 cm³/mol. The highest BCUT2D eigenvalue weighted by Gasteiger charge is 2.44. The molecule has 0 aliphatic carbocycles. The van der Waals surface area contributed by atoms with Gasteiger partial charge in [-0.15, -0.1) is 0 Å². The number of unbranched alkanes of at least 4 members (excludes halogenated alkanes) is 31. The van der Waals surface area contributed by atoms with E-state index in [1.54, 1.807) is 6.08 Å². The van der Waals surface area contributed by atoms with Crippen molar-refractivity contribution < 1.29 is 49.3 Å². The van der Waals surface area contributed by atoms with E-state index in [9.17, 15) is 35.1 Å². The molecule has 0 spiro atoms. The van der Waals surface area contributed by atoms with Crippen molar-refractivity contribution in [1.29, 1.82) is 0 Å². The van der Waals surface area contributed by atoms with E-state index < -0.39 is 49.5 Å². The molecule has 1 amide bonds. The van der Waals surface area contributed by atoms with Gasteiger partial charge in [0.2, 0.25) is 5.91 Å². The number of carbonyl (C=O) groups excluding carboxylic acids is 2. The third kappa shape index (κ3) is 38.2. The smallest absolute Gasteiger partial charge is 0.305 e. The summed E-state index contributed by atoms with van der Waals surface area (Å²) < 4.78 is 16.6. The highest BCUT2D eigenvalue weighted by Crippen LogP contribution is 2.23. The van der Waals surface area contributed by atoms with Crippen LogP contribution in [0.5, 0.6) is 0 Å². The predicted octanol–water partition coefficient (Wildman–Crippen LogP) is 12.7. The van der Waals surface area contributed by atoms with Crippen LogP contribution in [0.4, 0.5) is 0 Å². The van der Waals surface area contributed by atoms with E-state index in [0.717, 1.165) is 70.6 Å². The van der Waals surface area contributed by atoms with Crippen molar-refractivity contribution in [1.82, 2.24) is 5.32 Å². The number of nitrogens with one attached hydrogen (secondary N) is 1.